The SMILES string of the molecule is Cc1nccnc1N(CCCBr)C(C)C. The number of aryl methyl sites for hydroxylation is 1. The third-order valence-corrected chi connectivity index (χ3v) is 2.84. The lowest BCUT2D eigenvalue weighted by Crippen LogP contribution is -2.33. The van der Waals surface area contributed by atoms with Gasteiger partial charge in [-0.3, -0.25) is 4.98 Å². The van der Waals surface area contributed by atoms with Crippen LogP contribution in [0.25, 0.3) is 0 Å². The highest BCUT2D eigenvalue weighted by atomic mass is 79.9. The number of alkyl halides is 1. The molecule has 0 bridgehead atoms. The van der Waals surface area contributed by atoms with Gasteiger partial charge in [0.1, 0.15) is 5.82 Å². The molecule has 1 aromatic rings. The fourth-order valence-electron chi connectivity index (χ4n) is 1.52. The maximum atomic E-state index is 4.40. The van der Waals surface area contributed by atoms with Crippen molar-refractivity contribution in [3.8, 4) is 0 Å². The Hall–Kier alpha value is -0.640. The van der Waals surface area contributed by atoms with Gasteiger partial charge in [0.2, 0.25) is 0 Å². The number of hydrogen-bond donors (Lipinski definition) is 0. The van der Waals surface area contributed by atoms with Gasteiger partial charge >= 0.3 is 0 Å². The predicted octanol–water partition coefficient (Wildman–Crippen LogP) is 2.78. The molecule has 0 N–H and O–H groups in total. The maximum Gasteiger partial charge on any atom is 0.150 e. The van der Waals surface area contributed by atoms with Crippen LogP contribution in [-0.2, 0) is 0 Å². The minimum atomic E-state index is 0.458. The second-order valence-corrected chi connectivity index (χ2v) is 4.59. The third-order valence-electron chi connectivity index (χ3n) is 2.28. The third kappa shape index (κ3) is 3.45. The molecule has 3 nitrogen and oxygen atoms in total. The van der Waals surface area contributed by atoms with Crippen LogP contribution in [0, 0.1) is 6.92 Å². The van der Waals surface area contributed by atoms with Crippen molar-refractivity contribution in [1.82, 2.24) is 9.97 Å². The van der Waals surface area contributed by atoms with Crippen molar-refractivity contribution < 1.29 is 0 Å². The zero-order valence-electron chi connectivity index (χ0n) is 9.57. The van der Waals surface area contributed by atoms with Gasteiger partial charge in [-0.25, -0.2) is 4.98 Å². The van der Waals surface area contributed by atoms with E-state index in [4.69, 9.17) is 0 Å². The topological polar surface area (TPSA) is 29.0 Å². The molecule has 15 heavy (non-hydrogen) atoms. The highest BCUT2D eigenvalue weighted by Crippen LogP contribution is 2.17. The molecule has 0 saturated heterocycles. The molecule has 0 unspecified atom stereocenters. The number of anilines is 1. The number of hydrogen-bond acceptors (Lipinski definition) is 3. The Kier molecular flexibility index (Phi) is 5.02. The van der Waals surface area contributed by atoms with Crippen molar-refractivity contribution in [2.45, 2.75) is 33.2 Å². The molecule has 0 aliphatic rings. The Morgan fingerprint density at radius 2 is 2.00 bits per heavy atom. The van der Waals surface area contributed by atoms with Crippen LogP contribution < -0.4 is 4.90 Å². The summed E-state index contributed by atoms with van der Waals surface area (Å²) >= 11 is 3.46. The van der Waals surface area contributed by atoms with Crippen LogP contribution in [-0.4, -0.2) is 27.9 Å². The van der Waals surface area contributed by atoms with E-state index in [2.05, 4.69) is 44.6 Å². The van der Waals surface area contributed by atoms with E-state index in [0.29, 0.717) is 6.04 Å². The minimum absolute atomic E-state index is 0.458. The summed E-state index contributed by atoms with van der Waals surface area (Å²) in [5.74, 6) is 1.01. The Morgan fingerprint density at radius 1 is 1.33 bits per heavy atom. The summed E-state index contributed by atoms with van der Waals surface area (Å²) in [4.78, 5) is 11.0. The maximum absolute atomic E-state index is 4.40. The van der Waals surface area contributed by atoms with Gasteiger partial charge in [-0.15, -0.1) is 0 Å². The summed E-state index contributed by atoms with van der Waals surface area (Å²) in [7, 11) is 0. The average molecular weight is 272 g/mol. The van der Waals surface area contributed by atoms with Crippen molar-refractivity contribution in [2.75, 3.05) is 16.8 Å². The number of nitrogens with zero attached hydrogens (tertiary/aromatic N) is 3. The molecule has 0 amide bonds. The molecule has 0 aliphatic heterocycles. The van der Waals surface area contributed by atoms with Crippen LogP contribution in [0.3, 0.4) is 0 Å². The van der Waals surface area contributed by atoms with Crippen LogP contribution in [0.5, 0.6) is 0 Å². The molecule has 1 rings (SSSR count). The van der Waals surface area contributed by atoms with Gasteiger partial charge in [-0.05, 0) is 27.2 Å². The highest BCUT2D eigenvalue weighted by molar-refractivity contribution is 9.09. The quantitative estimate of drug-likeness (QED) is 0.772. The van der Waals surface area contributed by atoms with E-state index < -0.39 is 0 Å². The fourth-order valence-corrected chi connectivity index (χ4v) is 1.77. The van der Waals surface area contributed by atoms with Gasteiger partial charge in [-0.1, -0.05) is 15.9 Å². The van der Waals surface area contributed by atoms with E-state index in [1.54, 1.807) is 12.4 Å². The Labute approximate surface area is 100 Å². The molecule has 84 valence electrons. The van der Waals surface area contributed by atoms with Gasteiger partial charge in [0, 0.05) is 30.3 Å². The number of halogens is 1. The van der Waals surface area contributed by atoms with Crippen LogP contribution in [0.15, 0.2) is 12.4 Å². The molecule has 1 heterocycles. The van der Waals surface area contributed by atoms with Crippen molar-refractivity contribution in [3.05, 3.63) is 18.1 Å². The zero-order chi connectivity index (χ0) is 11.3. The minimum Gasteiger partial charge on any atom is -0.353 e. The van der Waals surface area contributed by atoms with Crippen molar-refractivity contribution in [2.24, 2.45) is 0 Å². The van der Waals surface area contributed by atoms with E-state index >= 15 is 0 Å². The van der Waals surface area contributed by atoms with E-state index in [-0.39, 0.29) is 0 Å². The first-order valence-electron chi connectivity index (χ1n) is 5.27. The molecule has 1 aromatic heterocycles. The molecule has 0 radical (unpaired) electrons. The largest absolute Gasteiger partial charge is 0.353 e. The van der Waals surface area contributed by atoms with Crippen molar-refractivity contribution >= 4 is 21.7 Å². The molecule has 0 fully saturated rings. The molecule has 4 heteroatoms. The first kappa shape index (κ1) is 12.4. The fraction of sp³-hybridized carbons (Fsp3) is 0.636. The number of rotatable bonds is 5. The molecular formula is C11H18BrN3. The summed E-state index contributed by atoms with van der Waals surface area (Å²) in [6.45, 7) is 7.39. The van der Waals surface area contributed by atoms with E-state index in [1.807, 2.05) is 6.92 Å². The molecule has 0 atom stereocenters. The summed E-state index contributed by atoms with van der Waals surface area (Å²) in [5.41, 5.74) is 1.00. The Morgan fingerprint density at radius 3 is 2.53 bits per heavy atom. The molecular weight excluding hydrogens is 254 g/mol. The van der Waals surface area contributed by atoms with Gasteiger partial charge in [0.15, 0.2) is 0 Å². The van der Waals surface area contributed by atoms with Gasteiger partial charge in [0.05, 0.1) is 5.69 Å². The van der Waals surface area contributed by atoms with Crippen LogP contribution in [0.2, 0.25) is 0 Å². The zero-order valence-corrected chi connectivity index (χ0v) is 11.2. The summed E-state index contributed by atoms with van der Waals surface area (Å²) in [5, 5.41) is 1.02. The summed E-state index contributed by atoms with van der Waals surface area (Å²) in [6, 6.07) is 0.458. The highest BCUT2D eigenvalue weighted by Gasteiger charge is 2.13. The second-order valence-electron chi connectivity index (χ2n) is 3.80. The number of aromatic nitrogens is 2. The lowest BCUT2D eigenvalue weighted by atomic mass is 10.2. The lowest BCUT2D eigenvalue weighted by molar-refractivity contribution is 0.660. The Balaban J connectivity index is 2.84. The summed E-state index contributed by atoms with van der Waals surface area (Å²) < 4.78 is 0. The van der Waals surface area contributed by atoms with Crippen LogP contribution in [0.1, 0.15) is 26.0 Å². The normalized spacial score (nSPS) is 10.7. The van der Waals surface area contributed by atoms with Crippen molar-refractivity contribution in [3.63, 3.8) is 0 Å². The van der Waals surface area contributed by atoms with Gasteiger partial charge in [0.25, 0.3) is 0 Å². The van der Waals surface area contributed by atoms with E-state index in [0.717, 1.165) is 29.8 Å². The molecule has 0 spiro atoms. The molecule has 0 saturated carbocycles. The molecule has 0 aromatic carbocycles. The van der Waals surface area contributed by atoms with Gasteiger partial charge in [-0.2, -0.15) is 0 Å². The Bertz CT molecular complexity index is 302. The van der Waals surface area contributed by atoms with E-state index in [1.165, 1.54) is 0 Å². The average Bonchev–Trinajstić information content (AvgIpc) is 2.20. The molecule has 0 aliphatic carbocycles. The monoisotopic (exact) mass is 271 g/mol. The van der Waals surface area contributed by atoms with Crippen LogP contribution in [0.4, 0.5) is 5.82 Å². The van der Waals surface area contributed by atoms with Gasteiger partial charge < -0.3 is 4.90 Å². The second kappa shape index (κ2) is 6.05. The smallest absolute Gasteiger partial charge is 0.150 e. The standard InChI is InChI=1S/C11H18BrN3/c1-9(2)15(8-4-5-12)11-10(3)13-6-7-14-11/h6-7,9H,4-5,8H2,1-3H3. The van der Waals surface area contributed by atoms with Crippen LogP contribution >= 0.6 is 15.9 Å². The summed E-state index contributed by atoms with van der Waals surface area (Å²) in [6.07, 6.45) is 4.61. The van der Waals surface area contributed by atoms with Crippen molar-refractivity contribution in [1.29, 1.82) is 0 Å². The first-order valence-corrected chi connectivity index (χ1v) is 6.39. The van der Waals surface area contributed by atoms with E-state index in [9.17, 15) is 0 Å². The first-order chi connectivity index (χ1) is 7.16. The lowest BCUT2D eigenvalue weighted by Gasteiger charge is -2.28. The predicted molar refractivity (Wildman–Crippen MR) is 67.7 cm³/mol.